The molecule has 27 heavy (non-hydrogen) atoms. The summed E-state index contributed by atoms with van der Waals surface area (Å²) in [5.41, 5.74) is 1.35. The second kappa shape index (κ2) is 9.78. The zero-order valence-corrected chi connectivity index (χ0v) is 15.2. The summed E-state index contributed by atoms with van der Waals surface area (Å²) in [6.45, 7) is 2.65. The van der Waals surface area contributed by atoms with E-state index in [1.54, 1.807) is 42.5 Å². The summed E-state index contributed by atoms with van der Waals surface area (Å²) in [5, 5.41) is 11.9. The summed E-state index contributed by atoms with van der Waals surface area (Å²) in [7, 11) is 1.28. The molecule has 1 N–H and O–H groups in total. The van der Waals surface area contributed by atoms with Gasteiger partial charge in [0.2, 0.25) is 0 Å². The fraction of sp³-hybridized carbons (Fsp3) is 0.190. The van der Waals surface area contributed by atoms with E-state index in [1.807, 2.05) is 13.0 Å². The van der Waals surface area contributed by atoms with Crippen molar-refractivity contribution in [3.8, 4) is 11.8 Å². The minimum absolute atomic E-state index is 0.0549. The van der Waals surface area contributed by atoms with Gasteiger partial charge in [0.05, 0.1) is 19.3 Å². The third-order valence-electron chi connectivity index (χ3n) is 3.57. The average Bonchev–Trinajstić information content (AvgIpc) is 2.70. The molecular weight excluding hydrogens is 344 g/mol. The maximum absolute atomic E-state index is 12.4. The van der Waals surface area contributed by atoms with E-state index in [0.717, 1.165) is 12.2 Å². The molecule has 0 aliphatic carbocycles. The predicted molar refractivity (Wildman–Crippen MR) is 102 cm³/mol. The molecule has 0 radical (unpaired) electrons. The molecule has 6 nitrogen and oxygen atoms in total. The molecule has 0 aliphatic rings. The lowest BCUT2D eigenvalue weighted by molar-refractivity contribution is -0.112. The molecule has 0 aromatic heterocycles. The van der Waals surface area contributed by atoms with Crippen LogP contribution in [0.2, 0.25) is 0 Å². The molecule has 0 spiro atoms. The zero-order chi connectivity index (χ0) is 19.6. The number of nitrogens with zero attached hydrogens (tertiary/aromatic N) is 1. The topological polar surface area (TPSA) is 88.4 Å². The van der Waals surface area contributed by atoms with Crippen LogP contribution in [-0.4, -0.2) is 25.6 Å². The van der Waals surface area contributed by atoms with Gasteiger partial charge >= 0.3 is 5.97 Å². The molecule has 2 aromatic carbocycles. The Morgan fingerprint density at radius 2 is 1.93 bits per heavy atom. The van der Waals surface area contributed by atoms with Gasteiger partial charge in [0, 0.05) is 5.69 Å². The number of amides is 1. The number of anilines is 1. The second-order valence-corrected chi connectivity index (χ2v) is 5.61. The van der Waals surface area contributed by atoms with Gasteiger partial charge in [0.15, 0.2) is 0 Å². The molecule has 0 aliphatic heterocycles. The van der Waals surface area contributed by atoms with Gasteiger partial charge in [-0.1, -0.05) is 25.1 Å². The number of rotatable bonds is 7. The van der Waals surface area contributed by atoms with Crippen LogP contribution in [0, 0.1) is 11.3 Å². The van der Waals surface area contributed by atoms with Crippen LogP contribution < -0.4 is 10.1 Å². The largest absolute Gasteiger partial charge is 0.494 e. The van der Waals surface area contributed by atoms with Gasteiger partial charge in [-0.15, -0.1) is 0 Å². The van der Waals surface area contributed by atoms with Crippen molar-refractivity contribution in [3.05, 3.63) is 65.2 Å². The van der Waals surface area contributed by atoms with Gasteiger partial charge in [0.1, 0.15) is 17.4 Å². The monoisotopic (exact) mass is 364 g/mol. The van der Waals surface area contributed by atoms with E-state index in [1.165, 1.54) is 19.3 Å². The van der Waals surface area contributed by atoms with Gasteiger partial charge < -0.3 is 14.8 Å². The molecule has 0 fully saturated rings. The molecule has 2 rings (SSSR count). The minimum atomic E-state index is -0.564. The van der Waals surface area contributed by atoms with Crippen molar-refractivity contribution in [2.75, 3.05) is 19.0 Å². The molecular formula is C21H20N2O4. The zero-order valence-electron chi connectivity index (χ0n) is 15.2. The van der Waals surface area contributed by atoms with Crippen LogP contribution in [0.1, 0.15) is 29.3 Å². The number of hydrogen-bond donors (Lipinski definition) is 1. The second-order valence-electron chi connectivity index (χ2n) is 5.61. The number of benzene rings is 2. The van der Waals surface area contributed by atoms with Gasteiger partial charge in [-0.3, -0.25) is 4.79 Å². The average molecular weight is 364 g/mol. The number of hydrogen-bond acceptors (Lipinski definition) is 5. The van der Waals surface area contributed by atoms with Gasteiger partial charge in [-0.2, -0.15) is 5.26 Å². The summed E-state index contributed by atoms with van der Waals surface area (Å²) in [6.07, 6.45) is 2.40. The van der Waals surface area contributed by atoms with Crippen LogP contribution in [0.25, 0.3) is 6.08 Å². The number of carbonyl (C=O) groups is 2. The molecule has 0 saturated heterocycles. The summed E-state index contributed by atoms with van der Waals surface area (Å²) in [6, 6.07) is 15.3. The predicted octanol–water partition coefficient (Wildman–Crippen LogP) is 3.81. The first-order valence-corrected chi connectivity index (χ1v) is 8.41. The van der Waals surface area contributed by atoms with E-state index in [-0.39, 0.29) is 5.57 Å². The molecule has 6 heteroatoms. The first kappa shape index (κ1) is 19.7. The van der Waals surface area contributed by atoms with Crippen molar-refractivity contribution in [1.29, 1.82) is 5.26 Å². The standard InChI is InChI=1S/C21H20N2O4/c1-3-11-27-19-9-7-15(8-10-19)12-17(14-22)20(24)23-18-6-4-5-16(13-18)21(25)26-2/h4-10,12-13H,3,11H2,1-2H3,(H,23,24)/b17-12+. The quantitative estimate of drug-likeness (QED) is 0.458. The van der Waals surface area contributed by atoms with Crippen LogP contribution >= 0.6 is 0 Å². The van der Waals surface area contributed by atoms with Crippen molar-refractivity contribution in [2.45, 2.75) is 13.3 Å². The van der Waals surface area contributed by atoms with Gasteiger partial charge in [-0.05, 0) is 48.4 Å². The Bertz CT molecular complexity index is 880. The minimum Gasteiger partial charge on any atom is -0.494 e. The van der Waals surface area contributed by atoms with E-state index < -0.39 is 11.9 Å². The van der Waals surface area contributed by atoms with Gasteiger partial charge in [0.25, 0.3) is 5.91 Å². The summed E-state index contributed by atoms with van der Waals surface area (Å²) >= 11 is 0. The third-order valence-corrected chi connectivity index (χ3v) is 3.57. The Hall–Kier alpha value is -3.59. The summed E-state index contributed by atoms with van der Waals surface area (Å²) < 4.78 is 10.2. The number of methoxy groups -OCH3 is 1. The lowest BCUT2D eigenvalue weighted by atomic mass is 10.1. The van der Waals surface area contributed by atoms with Crippen LogP contribution in [0.3, 0.4) is 0 Å². The Labute approximate surface area is 158 Å². The lowest BCUT2D eigenvalue weighted by Crippen LogP contribution is -2.14. The Kier molecular flexibility index (Phi) is 7.15. The fourth-order valence-corrected chi connectivity index (χ4v) is 2.24. The number of esters is 1. The normalized spacial score (nSPS) is 10.6. The first-order chi connectivity index (χ1) is 13.1. The van der Waals surface area contributed by atoms with E-state index in [0.29, 0.717) is 23.4 Å². The number of ether oxygens (including phenoxy) is 2. The van der Waals surface area contributed by atoms with E-state index in [2.05, 4.69) is 10.1 Å². The molecule has 2 aromatic rings. The SMILES string of the molecule is CCCOc1ccc(/C=C(\C#N)C(=O)Nc2cccc(C(=O)OC)c2)cc1. The van der Waals surface area contributed by atoms with Crippen LogP contribution in [-0.2, 0) is 9.53 Å². The van der Waals surface area contributed by atoms with Crippen molar-refractivity contribution in [1.82, 2.24) is 0 Å². The molecule has 0 heterocycles. The fourth-order valence-electron chi connectivity index (χ4n) is 2.24. The van der Waals surface area contributed by atoms with Crippen LogP contribution in [0.5, 0.6) is 5.75 Å². The van der Waals surface area contributed by atoms with Crippen LogP contribution in [0.15, 0.2) is 54.1 Å². The number of carbonyl (C=O) groups excluding carboxylic acids is 2. The van der Waals surface area contributed by atoms with Crippen molar-refractivity contribution >= 4 is 23.6 Å². The molecule has 0 bridgehead atoms. The maximum Gasteiger partial charge on any atom is 0.337 e. The Morgan fingerprint density at radius 1 is 1.19 bits per heavy atom. The number of nitrogens with one attached hydrogen (secondary N) is 1. The van der Waals surface area contributed by atoms with Crippen molar-refractivity contribution < 1.29 is 19.1 Å². The van der Waals surface area contributed by atoms with E-state index in [4.69, 9.17) is 4.74 Å². The molecule has 0 atom stereocenters. The van der Waals surface area contributed by atoms with Crippen molar-refractivity contribution in [2.24, 2.45) is 0 Å². The van der Waals surface area contributed by atoms with Crippen LogP contribution in [0.4, 0.5) is 5.69 Å². The smallest absolute Gasteiger partial charge is 0.337 e. The number of nitriles is 1. The molecule has 0 unspecified atom stereocenters. The third kappa shape index (κ3) is 5.72. The van der Waals surface area contributed by atoms with E-state index >= 15 is 0 Å². The summed E-state index contributed by atoms with van der Waals surface area (Å²) in [4.78, 5) is 23.9. The highest BCUT2D eigenvalue weighted by Gasteiger charge is 2.11. The summed E-state index contributed by atoms with van der Waals surface area (Å²) in [5.74, 6) is -0.338. The first-order valence-electron chi connectivity index (χ1n) is 8.41. The Balaban J connectivity index is 2.12. The highest BCUT2D eigenvalue weighted by atomic mass is 16.5. The molecule has 0 saturated carbocycles. The van der Waals surface area contributed by atoms with Crippen molar-refractivity contribution in [3.63, 3.8) is 0 Å². The highest BCUT2D eigenvalue weighted by molar-refractivity contribution is 6.10. The lowest BCUT2D eigenvalue weighted by Gasteiger charge is -2.07. The molecule has 138 valence electrons. The molecule has 1 amide bonds. The van der Waals surface area contributed by atoms with Gasteiger partial charge in [-0.25, -0.2) is 4.79 Å². The maximum atomic E-state index is 12.4. The Morgan fingerprint density at radius 3 is 2.56 bits per heavy atom. The highest BCUT2D eigenvalue weighted by Crippen LogP contribution is 2.16. The van der Waals surface area contributed by atoms with E-state index in [9.17, 15) is 14.9 Å².